The van der Waals surface area contributed by atoms with Crippen molar-refractivity contribution in [2.24, 2.45) is 17.6 Å². The smallest absolute Gasteiger partial charge is 0.242 e. The lowest BCUT2D eigenvalue weighted by Crippen LogP contribution is -2.33. The first-order chi connectivity index (χ1) is 9.44. The van der Waals surface area contributed by atoms with Crippen LogP contribution in [0.25, 0.3) is 0 Å². The highest BCUT2D eigenvalue weighted by Gasteiger charge is 2.25. The first kappa shape index (κ1) is 16.4. The number of nitrogens with one attached hydrogen (secondary N) is 1. The van der Waals surface area contributed by atoms with Gasteiger partial charge in [-0.2, -0.15) is 0 Å². The fraction of sp³-hybridized carbons (Fsp3) is 0.692. The van der Waals surface area contributed by atoms with Gasteiger partial charge < -0.3 is 5.73 Å². The first-order valence-electron chi connectivity index (χ1n) is 6.92. The molecule has 2 unspecified atom stereocenters. The molecular formula is C13H21BrN2O2S2. The van der Waals surface area contributed by atoms with Crippen LogP contribution in [0.2, 0.25) is 0 Å². The summed E-state index contributed by atoms with van der Waals surface area (Å²) in [4.78, 5) is 1.18. The van der Waals surface area contributed by atoms with Gasteiger partial charge in [0.2, 0.25) is 10.0 Å². The van der Waals surface area contributed by atoms with Crippen molar-refractivity contribution in [3.8, 4) is 0 Å². The minimum Gasteiger partial charge on any atom is -0.326 e. The summed E-state index contributed by atoms with van der Waals surface area (Å²) >= 11 is 4.69. The van der Waals surface area contributed by atoms with Crippen molar-refractivity contribution >= 4 is 37.3 Å². The van der Waals surface area contributed by atoms with Gasteiger partial charge in [0.05, 0.1) is 3.79 Å². The van der Waals surface area contributed by atoms with Gasteiger partial charge in [-0.15, -0.1) is 11.3 Å². The molecule has 2 atom stereocenters. The van der Waals surface area contributed by atoms with Crippen molar-refractivity contribution in [2.75, 3.05) is 6.54 Å². The number of nitrogens with two attached hydrogens (primary N) is 1. The van der Waals surface area contributed by atoms with Crippen LogP contribution in [-0.2, 0) is 16.6 Å². The number of hydrogen-bond acceptors (Lipinski definition) is 4. The average molecular weight is 381 g/mol. The predicted molar refractivity (Wildman–Crippen MR) is 86.2 cm³/mol. The molecule has 1 heterocycles. The Morgan fingerprint density at radius 2 is 2.15 bits per heavy atom. The van der Waals surface area contributed by atoms with Gasteiger partial charge >= 0.3 is 0 Å². The van der Waals surface area contributed by atoms with Gasteiger partial charge in [-0.1, -0.05) is 26.2 Å². The fourth-order valence-electron chi connectivity index (χ4n) is 2.67. The highest BCUT2D eigenvalue weighted by atomic mass is 79.9. The van der Waals surface area contributed by atoms with Crippen molar-refractivity contribution in [1.82, 2.24) is 4.72 Å². The van der Waals surface area contributed by atoms with Crippen molar-refractivity contribution in [3.05, 3.63) is 14.7 Å². The number of sulfonamides is 1. The molecule has 3 N–H and O–H groups in total. The van der Waals surface area contributed by atoms with Crippen LogP contribution in [-0.4, -0.2) is 15.0 Å². The molecule has 114 valence electrons. The molecule has 1 saturated carbocycles. The van der Waals surface area contributed by atoms with Crippen LogP contribution in [0.4, 0.5) is 0 Å². The molecule has 1 fully saturated rings. The Balaban J connectivity index is 2.05. The summed E-state index contributed by atoms with van der Waals surface area (Å²) in [6, 6.07) is 1.65. The Hall–Kier alpha value is 0.0500. The zero-order valence-corrected chi connectivity index (χ0v) is 14.8. The predicted octanol–water partition coefficient (Wildman–Crippen LogP) is 3.07. The van der Waals surface area contributed by atoms with E-state index in [2.05, 4.69) is 27.6 Å². The molecule has 0 aromatic carbocycles. The minimum atomic E-state index is -3.45. The second-order valence-corrected chi connectivity index (χ2v) is 9.62. The van der Waals surface area contributed by atoms with Crippen molar-refractivity contribution in [1.29, 1.82) is 0 Å². The second-order valence-electron chi connectivity index (χ2n) is 5.43. The van der Waals surface area contributed by atoms with E-state index in [1.165, 1.54) is 30.6 Å². The Bertz CT molecular complexity index is 557. The van der Waals surface area contributed by atoms with E-state index in [1.807, 2.05) is 0 Å². The van der Waals surface area contributed by atoms with Gasteiger partial charge in [0.1, 0.15) is 4.90 Å². The summed E-state index contributed by atoms with van der Waals surface area (Å²) in [7, 11) is -3.45. The van der Waals surface area contributed by atoms with E-state index in [4.69, 9.17) is 5.73 Å². The van der Waals surface area contributed by atoms with Gasteiger partial charge in [0, 0.05) is 18.0 Å². The summed E-state index contributed by atoms with van der Waals surface area (Å²) in [5.74, 6) is 1.04. The van der Waals surface area contributed by atoms with Crippen LogP contribution in [0, 0.1) is 11.8 Å². The molecule has 0 spiro atoms. The van der Waals surface area contributed by atoms with E-state index in [9.17, 15) is 8.42 Å². The Morgan fingerprint density at radius 1 is 1.45 bits per heavy atom. The fourth-order valence-corrected chi connectivity index (χ4v) is 6.33. The molecule has 7 heteroatoms. The topological polar surface area (TPSA) is 72.2 Å². The zero-order valence-electron chi connectivity index (χ0n) is 11.6. The van der Waals surface area contributed by atoms with E-state index in [0.717, 1.165) is 11.3 Å². The lowest BCUT2D eigenvalue weighted by atomic mass is 9.81. The number of thiophene rings is 1. The van der Waals surface area contributed by atoms with Crippen molar-refractivity contribution in [3.63, 3.8) is 0 Å². The van der Waals surface area contributed by atoms with E-state index in [1.54, 1.807) is 6.07 Å². The molecule has 1 aliphatic rings. The van der Waals surface area contributed by atoms with E-state index in [0.29, 0.717) is 33.6 Å². The summed E-state index contributed by atoms with van der Waals surface area (Å²) in [5.41, 5.74) is 5.56. The summed E-state index contributed by atoms with van der Waals surface area (Å²) in [6.45, 7) is 3.10. The quantitative estimate of drug-likeness (QED) is 0.823. The molecule has 1 aromatic heterocycles. The van der Waals surface area contributed by atoms with E-state index in [-0.39, 0.29) is 0 Å². The molecule has 0 amide bonds. The highest BCUT2D eigenvalue weighted by Crippen LogP contribution is 2.32. The monoisotopic (exact) mass is 380 g/mol. The maximum Gasteiger partial charge on any atom is 0.242 e. The highest BCUT2D eigenvalue weighted by molar-refractivity contribution is 9.11. The second kappa shape index (κ2) is 6.87. The lowest BCUT2D eigenvalue weighted by Gasteiger charge is -2.28. The lowest BCUT2D eigenvalue weighted by molar-refractivity contribution is 0.257. The standard InChI is InChI=1S/C13H21BrN2O2S2/c1-9-4-2-3-5-10(9)8-16-20(17,18)12-6-11(7-15)19-13(12)14/h6,9-10,16H,2-5,7-8,15H2,1H3. The van der Waals surface area contributed by atoms with Gasteiger partial charge in [-0.3, -0.25) is 0 Å². The minimum absolute atomic E-state index is 0.311. The van der Waals surface area contributed by atoms with Crippen LogP contribution in [0.5, 0.6) is 0 Å². The maximum atomic E-state index is 12.4. The SMILES string of the molecule is CC1CCCCC1CNS(=O)(=O)c1cc(CN)sc1Br. The third kappa shape index (κ3) is 3.82. The molecule has 0 saturated heterocycles. The summed E-state index contributed by atoms with van der Waals surface area (Å²) in [5, 5.41) is 0. The molecule has 2 rings (SSSR count). The Labute approximate surface area is 133 Å². The number of halogens is 1. The summed E-state index contributed by atoms with van der Waals surface area (Å²) < 4.78 is 28.1. The average Bonchev–Trinajstić information content (AvgIpc) is 2.80. The molecule has 0 aliphatic heterocycles. The van der Waals surface area contributed by atoms with Crippen LogP contribution in [0.3, 0.4) is 0 Å². The van der Waals surface area contributed by atoms with Crippen molar-refractivity contribution in [2.45, 2.75) is 44.0 Å². The van der Waals surface area contributed by atoms with E-state index < -0.39 is 10.0 Å². The largest absolute Gasteiger partial charge is 0.326 e. The number of hydrogen-bond donors (Lipinski definition) is 2. The Kier molecular flexibility index (Phi) is 5.64. The molecule has 1 aromatic rings. The number of rotatable bonds is 5. The van der Waals surface area contributed by atoms with Gasteiger partial charge in [-0.25, -0.2) is 13.1 Å². The van der Waals surface area contributed by atoms with Gasteiger partial charge in [0.15, 0.2) is 0 Å². The van der Waals surface area contributed by atoms with Gasteiger partial charge in [-0.05, 0) is 40.3 Å². The molecular weight excluding hydrogens is 360 g/mol. The molecule has 0 bridgehead atoms. The third-order valence-electron chi connectivity index (χ3n) is 4.02. The maximum absolute atomic E-state index is 12.4. The normalized spacial score (nSPS) is 23.9. The first-order valence-corrected chi connectivity index (χ1v) is 10.0. The van der Waals surface area contributed by atoms with Crippen LogP contribution >= 0.6 is 27.3 Å². The van der Waals surface area contributed by atoms with Gasteiger partial charge in [0.25, 0.3) is 0 Å². The van der Waals surface area contributed by atoms with E-state index >= 15 is 0 Å². The zero-order chi connectivity index (χ0) is 14.8. The van der Waals surface area contributed by atoms with Crippen molar-refractivity contribution < 1.29 is 8.42 Å². The molecule has 4 nitrogen and oxygen atoms in total. The summed E-state index contributed by atoms with van der Waals surface area (Å²) in [6.07, 6.45) is 4.78. The molecule has 20 heavy (non-hydrogen) atoms. The Morgan fingerprint density at radius 3 is 2.75 bits per heavy atom. The molecule has 1 aliphatic carbocycles. The third-order valence-corrected chi connectivity index (χ3v) is 7.72. The van der Waals surface area contributed by atoms with Crippen LogP contribution in [0.1, 0.15) is 37.5 Å². The van der Waals surface area contributed by atoms with Crippen LogP contribution in [0.15, 0.2) is 14.7 Å². The molecule has 0 radical (unpaired) electrons. The van der Waals surface area contributed by atoms with Crippen LogP contribution < -0.4 is 10.5 Å².